The number of hydrogen-bond donors (Lipinski definition) is 2. The molecule has 4 aliphatic carbocycles. The van der Waals surface area contributed by atoms with E-state index in [9.17, 15) is 14.4 Å². The third-order valence-electron chi connectivity index (χ3n) is 8.23. The highest BCUT2D eigenvalue weighted by Crippen LogP contribution is 2.59. The van der Waals surface area contributed by atoms with Gasteiger partial charge in [0.25, 0.3) is 5.91 Å². The SMILES string of the molecule is C[C@@]1(CCc2ccccc2)NC(=O)N(CC(=O)NCC23CC4CC(CC(C4)C2)C3)C1=O. The standard InChI is InChI=1S/C25H33N3O3/c1-24(8-7-17-5-3-2-4-6-17)22(30)28(23(31)27-24)15-21(29)26-16-25-12-18-9-19(13-25)11-20(10-18)14-25/h2-6,18-20H,7-16H2,1H3,(H,26,29)(H,27,31)/t18?,19?,20?,24-,25?/m0/s1. The number of hydrogen-bond acceptors (Lipinski definition) is 3. The number of nitrogens with one attached hydrogen (secondary N) is 2. The zero-order chi connectivity index (χ0) is 21.6. The summed E-state index contributed by atoms with van der Waals surface area (Å²) in [6, 6.07) is 9.45. The van der Waals surface area contributed by atoms with Crippen LogP contribution < -0.4 is 10.6 Å². The lowest BCUT2D eigenvalue weighted by Crippen LogP contribution is -2.52. The molecule has 0 unspecified atom stereocenters. The summed E-state index contributed by atoms with van der Waals surface area (Å²) in [5.41, 5.74) is 0.400. The minimum atomic E-state index is -0.965. The highest BCUT2D eigenvalue weighted by Gasteiger charge is 2.51. The summed E-state index contributed by atoms with van der Waals surface area (Å²) in [6.07, 6.45) is 8.98. The monoisotopic (exact) mass is 423 g/mol. The van der Waals surface area contributed by atoms with E-state index in [0.717, 1.165) is 28.2 Å². The largest absolute Gasteiger partial charge is 0.354 e. The number of carbonyl (C=O) groups is 3. The Hall–Kier alpha value is -2.37. The van der Waals surface area contributed by atoms with E-state index in [4.69, 9.17) is 0 Å². The Morgan fingerprint density at radius 2 is 1.68 bits per heavy atom. The molecule has 1 aliphatic heterocycles. The molecule has 4 saturated carbocycles. The van der Waals surface area contributed by atoms with Crippen molar-refractivity contribution < 1.29 is 14.4 Å². The van der Waals surface area contributed by atoms with Crippen molar-refractivity contribution in [3.05, 3.63) is 35.9 Å². The van der Waals surface area contributed by atoms with E-state index < -0.39 is 11.6 Å². The number of carbonyl (C=O) groups excluding carboxylic acids is 3. The van der Waals surface area contributed by atoms with E-state index >= 15 is 0 Å². The van der Waals surface area contributed by atoms with Crippen molar-refractivity contribution in [2.75, 3.05) is 13.1 Å². The molecule has 166 valence electrons. The minimum Gasteiger partial charge on any atom is -0.354 e. The smallest absolute Gasteiger partial charge is 0.325 e. The molecule has 5 aliphatic rings. The van der Waals surface area contributed by atoms with Crippen LogP contribution in [0.1, 0.15) is 57.4 Å². The van der Waals surface area contributed by atoms with E-state index in [1.54, 1.807) is 6.92 Å². The maximum Gasteiger partial charge on any atom is 0.325 e. The number of imide groups is 1. The third kappa shape index (κ3) is 3.97. The van der Waals surface area contributed by atoms with Crippen molar-refractivity contribution in [1.29, 1.82) is 0 Å². The lowest BCUT2D eigenvalue weighted by Gasteiger charge is -2.56. The van der Waals surface area contributed by atoms with Crippen molar-refractivity contribution in [1.82, 2.24) is 15.5 Å². The van der Waals surface area contributed by atoms with E-state index in [2.05, 4.69) is 10.6 Å². The van der Waals surface area contributed by atoms with Gasteiger partial charge in [-0.05, 0) is 87.0 Å². The summed E-state index contributed by atoms with van der Waals surface area (Å²) in [7, 11) is 0. The number of amides is 4. The van der Waals surface area contributed by atoms with E-state index in [0.29, 0.717) is 19.4 Å². The Bertz CT molecular complexity index is 848. The first-order valence-corrected chi connectivity index (χ1v) is 11.8. The van der Waals surface area contributed by atoms with Gasteiger partial charge in [-0.25, -0.2) is 4.79 Å². The van der Waals surface area contributed by atoms with Gasteiger partial charge in [0, 0.05) is 6.54 Å². The first kappa shape index (κ1) is 20.5. The Labute approximate surface area is 184 Å². The van der Waals surface area contributed by atoms with Crippen LogP contribution in [0.4, 0.5) is 4.79 Å². The molecule has 0 spiro atoms. The maximum atomic E-state index is 13.0. The Morgan fingerprint density at radius 3 is 2.29 bits per heavy atom. The van der Waals surface area contributed by atoms with Gasteiger partial charge in [-0.2, -0.15) is 0 Å². The molecule has 0 aromatic heterocycles. The molecular weight excluding hydrogens is 390 g/mol. The molecule has 4 bridgehead atoms. The van der Waals surface area contributed by atoms with Crippen LogP contribution >= 0.6 is 0 Å². The third-order valence-corrected chi connectivity index (χ3v) is 8.23. The van der Waals surface area contributed by atoms with E-state index in [1.807, 2.05) is 30.3 Å². The van der Waals surface area contributed by atoms with Crippen LogP contribution in [0.2, 0.25) is 0 Å². The molecular formula is C25H33N3O3. The van der Waals surface area contributed by atoms with Gasteiger partial charge in [0.15, 0.2) is 0 Å². The van der Waals surface area contributed by atoms with Crippen LogP contribution in [0.25, 0.3) is 0 Å². The summed E-state index contributed by atoms with van der Waals surface area (Å²) in [4.78, 5) is 39.2. The van der Waals surface area contributed by atoms with Gasteiger partial charge in [0.05, 0.1) is 0 Å². The molecule has 2 N–H and O–H groups in total. The molecule has 4 amide bonds. The van der Waals surface area contributed by atoms with Crippen molar-refractivity contribution in [2.24, 2.45) is 23.2 Å². The molecule has 6 rings (SSSR count). The minimum absolute atomic E-state index is 0.196. The summed E-state index contributed by atoms with van der Waals surface area (Å²) >= 11 is 0. The highest BCUT2D eigenvalue weighted by atomic mass is 16.2. The van der Waals surface area contributed by atoms with Crippen LogP contribution in [0.15, 0.2) is 30.3 Å². The van der Waals surface area contributed by atoms with Crippen LogP contribution in [0.3, 0.4) is 0 Å². The van der Waals surface area contributed by atoms with Crippen molar-refractivity contribution in [2.45, 2.75) is 63.8 Å². The molecule has 1 aromatic rings. The fourth-order valence-electron chi connectivity index (χ4n) is 7.09. The zero-order valence-electron chi connectivity index (χ0n) is 18.4. The average molecular weight is 424 g/mol. The van der Waals surface area contributed by atoms with E-state index in [-0.39, 0.29) is 23.8 Å². The van der Waals surface area contributed by atoms with Gasteiger partial charge in [0.1, 0.15) is 12.1 Å². The van der Waals surface area contributed by atoms with Crippen LogP contribution in [0.5, 0.6) is 0 Å². The summed E-state index contributed by atoms with van der Waals surface area (Å²) in [5, 5.41) is 5.89. The van der Waals surface area contributed by atoms with Crippen molar-refractivity contribution in [3.8, 4) is 0 Å². The Balaban J connectivity index is 1.16. The lowest BCUT2D eigenvalue weighted by atomic mass is 9.49. The molecule has 1 saturated heterocycles. The lowest BCUT2D eigenvalue weighted by molar-refractivity contribution is -0.135. The van der Waals surface area contributed by atoms with Crippen LogP contribution in [0, 0.1) is 23.2 Å². The van der Waals surface area contributed by atoms with Crippen molar-refractivity contribution in [3.63, 3.8) is 0 Å². The molecule has 5 fully saturated rings. The molecule has 31 heavy (non-hydrogen) atoms. The number of aryl methyl sites for hydroxylation is 1. The average Bonchev–Trinajstić information content (AvgIpc) is 2.94. The predicted octanol–water partition coefficient (Wildman–Crippen LogP) is 3.26. The molecule has 1 aromatic carbocycles. The quantitative estimate of drug-likeness (QED) is 0.661. The van der Waals surface area contributed by atoms with Gasteiger partial charge in [0.2, 0.25) is 5.91 Å². The fourth-order valence-corrected chi connectivity index (χ4v) is 7.09. The second kappa shape index (κ2) is 7.64. The second-order valence-electron chi connectivity index (χ2n) is 10.8. The maximum absolute atomic E-state index is 13.0. The number of nitrogens with zero attached hydrogens (tertiary/aromatic N) is 1. The highest BCUT2D eigenvalue weighted by molar-refractivity contribution is 6.08. The number of rotatable bonds is 7. The zero-order valence-corrected chi connectivity index (χ0v) is 18.4. The van der Waals surface area contributed by atoms with Gasteiger partial charge < -0.3 is 10.6 Å². The predicted molar refractivity (Wildman–Crippen MR) is 117 cm³/mol. The van der Waals surface area contributed by atoms with Crippen LogP contribution in [-0.4, -0.2) is 41.4 Å². The van der Waals surface area contributed by atoms with Crippen molar-refractivity contribution >= 4 is 17.8 Å². The first-order valence-electron chi connectivity index (χ1n) is 11.8. The summed E-state index contributed by atoms with van der Waals surface area (Å²) in [5.74, 6) is 1.96. The van der Waals surface area contributed by atoms with Gasteiger partial charge in [-0.3, -0.25) is 14.5 Å². The Kier molecular flexibility index (Phi) is 5.06. The fraction of sp³-hybridized carbons (Fsp3) is 0.640. The summed E-state index contributed by atoms with van der Waals surface area (Å²) in [6.45, 7) is 2.24. The van der Waals surface area contributed by atoms with Gasteiger partial charge in [-0.1, -0.05) is 30.3 Å². The molecule has 1 heterocycles. The number of benzene rings is 1. The molecule has 1 atom stereocenters. The van der Waals surface area contributed by atoms with Gasteiger partial charge in [-0.15, -0.1) is 0 Å². The topological polar surface area (TPSA) is 78.5 Å². The summed E-state index contributed by atoms with van der Waals surface area (Å²) < 4.78 is 0. The normalized spacial score (nSPS) is 36.0. The van der Waals surface area contributed by atoms with Crippen LogP contribution in [-0.2, 0) is 16.0 Å². The molecule has 6 heteroatoms. The molecule has 0 radical (unpaired) electrons. The number of urea groups is 1. The molecule has 6 nitrogen and oxygen atoms in total. The van der Waals surface area contributed by atoms with E-state index in [1.165, 1.54) is 38.5 Å². The first-order chi connectivity index (χ1) is 14.8. The second-order valence-corrected chi connectivity index (χ2v) is 10.8. The Morgan fingerprint density at radius 1 is 1.06 bits per heavy atom. The van der Waals surface area contributed by atoms with Gasteiger partial charge >= 0.3 is 6.03 Å².